The highest BCUT2D eigenvalue weighted by molar-refractivity contribution is 5.94. The van der Waals surface area contributed by atoms with E-state index in [1.807, 2.05) is 36.4 Å². The summed E-state index contributed by atoms with van der Waals surface area (Å²) in [5.41, 5.74) is 4.13. The summed E-state index contributed by atoms with van der Waals surface area (Å²) < 4.78 is 12.0. The standard InChI is InChI=1S/C27H26N2O5/c1-2-21(33-22-13-11-19(12-14-22)26(32)28-16-15-25(30)31)17-18-7-9-20(10-8-18)27-29-23-5-3-4-6-24(23)34-27/h3-14,21H,2,15-17H2,1H3,(H,28,32)(H,30,31). The number of aliphatic carboxylic acids is 1. The van der Waals surface area contributed by atoms with Crippen molar-refractivity contribution in [3.05, 3.63) is 83.9 Å². The molecule has 34 heavy (non-hydrogen) atoms. The lowest BCUT2D eigenvalue weighted by Gasteiger charge is -2.18. The number of oxazole rings is 1. The van der Waals surface area contributed by atoms with E-state index in [2.05, 4.69) is 29.4 Å². The van der Waals surface area contributed by atoms with Crippen molar-refractivity contribution < 1.29 is 23.8 Å². The van der Waals surface area contributed by atoms with Gasteiger partial charge in [-0.1, -0.05) is 31.2 Å². The monoisotopic (exact) mass is 458 g/mol. The molecule has 0 aliphatic rings. The highest BCUT2D eigenvalue weighted by atomic mass is 16.5. The first-order valence-corrected chi connectivity index (χ1v) is 11.2. The zero-order valence-corrected chi connectivity index (χ0v) is 18.9. The second-order valence-electron chi connectivity index (χ2n) is 7.96. The molecule has 0 aliphatic heterocycles. The first-order valence-electron chi connectivity index (χ1n) is 11.2. The summed E-state index contributed by atoms with van der Waals surface area (Å²) in [4.78, 5) is 27.2. The molecule has 0 saturated carbocycles. The molecule has 0 spiro atoms. The summed E-state index contributed by atoms with van der Waals surface area (Å²) in [5, 5.41) is 11.3. The van der Waals surface area contributed by atoms with E-state index in [1.54, 1.807) is 24.3 Å². The number of rotatable bonds is 10. The number of nitrogens with one attached hydrogen (secondary N) is 1. The number of carboxylic acid groups (broad SMARTS) is 1. The molecule has 1 unspecified atom stereocenters. The van der Waals surface area contributed by atoms with Gasteiger partial charge >= 0.3 is 5.97 Å². The van der Waals surface area contributed by atoms with E-state index in [-0.39, 0.29) is 25.0 Å². The van der Waals surface area contributed by atoms with Gasteiger partial charge in [0.2, 0.25) is 5.89 Å². The van der Waals surface area contributed by atoms with Gasteiger partial charge in [0.05, 0.1) is 6.42 Å². The van der Waals surface area contributed by atoms with Gasteiger partial charge in [0.15, 0.2) is 5.58 Å². The summed E-state index contributed by atoms with van der Waals surface area (Å²) >= 11 is 0. The van der Waals surface area contributed by atoms with Crippen LogP contribution in [0.1, 0.15) is 35.7 Å². The molecule has 0 saturated heterocycles. The summed E-state index contributed by atoms with van der Waals surface area (Å²) in [6.45, 7) is 2.16. The van der Waals surface area contributed by atoms with Crippen molar-refractivity contribution in [1.29, 1.82) is 0 Å². The number of fused-ring (bicyclic) bond motifs is 1. The van der Waals surface area contributed by atoms with Crippen LogP contribution in [0.15, 0.2) is 77.2 Å². The molecule has 1 heterocycles. The van der Waals surface area contributed by atoms with Gasteiger partial charge in [-0.3, -0.25) is 9.59 Å². The molecule has 2 N–H and O–H groups in total. The highest BCUT2D eigenvalue weighted by Crippen LogP contribution is 2.25. The van der Waals surface area contributed by atoms with Crippen LogP contribution < -0.4 is 10.1 Å². The molecule has 0 radical (unpaired) electrons. The fourth-order valence-corrected chi connectivity index (χ4v) is 3.57. The Hall–Kier alpha value is -4.13. The van der Waals surface area contributed by atoms with Crippen molar-refractivity contribution >= 4 is 23.0 Å². The number of carbonyl (C=O) groups excluding carboxylic acids is 1. The number of aromatic nitrogens is 1. The molecule has 1 atom stereocenters. The van der Waals surface area contributed by atoms with Gasteiger partial charge in [-0.25, -0.2) is 4.98 Å². The van der Waals surface area contributed by atoms with Gasteiger partial charge in [-0.15, -0.1) is 0 Å². The van der Waals surface area contributed by atoms with E-state index >= 15 is 0 Å². The predicted octanol–water partition coefficient (Wildman–Crippen LogP) is 5.10. The average molecular weight is 459 g/mol. The molecule has 1 aromatic heterocycles. The summed E-state index contributed by atoms with van der Waals surface area (Å²) in [6.07, 6.45) is 1.43. The van der Waals surface area contributed by atoms with Crippen LogP contribution in [-0.4, -0.2) is 34.6 Å². The maximum absolute atomic E-state index is 12.1. The van der Waals surface area contributed by atoms with Crippen molar-refractivity contribution in [2.75, 3.05) is 6.54 Å². The quantitative estimate of drug-likeness (QED) is 0.343. The number of ether oxygens (including phenoxy) is 1. The Morgan fingerprint density at radius 1 is 1.03 bits per heavy atom. The van der Waals surface area contributed by atoms with Crippen LogP contribution in [0.5, 0.6) is 5.75 Å². The number of nitrogens with zero attached hydrogens (tertiary/aromatic N) is 1. The number of hydrogen-bond donors (Lipinski definition) is 2. The SMILES string of the molecule is CCC(Cc1ccc(-c2nc3ccccc3o2)cc1)Oc1ccc(C(=O)NCCC(=O)O)cc1. The van der Waals surface area contributed by atoms with Crippen molar-refractivity contribution in [2.45, 2.75) is 32.3 Å². The van der Waals surface area contributed by atoms with Gasteiger partial charge in [-0.2, -0.15) is 0 Å². The van der Waals surface area contributed by atoms with E-state index in [0.29, 0.717) is 17.2 Å². The van der Waals surface area contributed by atoms with Crippen LogP contribution in [0.25, 0.3) is 22.6 Å². The number of hydrogen-bond acceptors (Lipinski definition) is 5. The Kier molecular flexibility index (Phi) is 7.22. The minimum Gasteiger partial charge on any atom is -0.490 e. The Labute approximate surface area is 197 Å². The average Bonchev–Trinajstić information content (AvgIpc) is 3.28. The van der Waals surface area contributed by atoms with Crippen LogP contribution in [0.2, 0.25) is 0 Å². The topological polar surface area (TPSA) is 102 Å². The Morgan fingerprint density at radius 3 is 2.44 bits per heavy atom. The molecule has 1 amide bonds. The van der Waals surface area contributed by atoms with Crippen molar-refractivity contribution in [3.63, 3.8) is 0 Å². The van der Waals surface area contributed by atoms with E-state index < -0.39 is 5.97 Å². The molecule has 0 bridgehead atoms. The first kappa shape index (κ1) is 23.0. The van der Waals surface area contributed by atoms with Crippen LogP contribution >= 0.6 is 0 Å². The van der Waals surface area contributed by atoms with Gasteiger partial charge in [0.25, 0.3) is 5.91 Å². The van der Waals surface area contributed by atoms with Gasteiger partial charge in [0.1, 0.15) is 17.4 Å². The second-order valence-corrected chi connectivity index (χ2v) is 7.96. The highest BCUT2D eigenvalue weighted by Gasteiger charge is 2.13. The second kappa shape index (κ2) is 10.7. The van der Waals surface area contributed by atoms with Gasteiger partial charge < -0.3 is 19.6 Å². The molecule has 3 aromatic carbocycles. The molecule has 7 heteroatoms. The smallest absolute Gasteiger partial charge is 0.305 e. The largest absolute Gasteiger partial charge is 0.490 e. The van der Waals surface area contributed by atoms with Gasteiger partial charge in [0, 0.05) is 24.1 Å². The molecule has 4 aromatic rings. The maximum atomic E-state index is 12.1. The number of carboxylic acids is 1. The molecule has 174 valence electrons. The number of amides is 1. The van der Waals surface area contributed by atoms with Gasteiger partial charge in [-0.05, 0) is 60.5 Å². The molecule has 0 fully saturated rings. The van der Waals surface area contributed by atoms with Crippen LogP contribution in [-0.2, 0) is 11.2 Å². The molecule has 0 aliphatic carbocycles. The van der Waals surface area contributed by atoms with Crippen molar-refractivity contribution in [2.24, 2.45) is 0 Å². The lowest BCUT2D eigenvalue weighted by atomic mass is 10.0. The minimum atomic E-state index is -0.949. The Balaban J connectivity index is 1.35. The van der Waals surface area contributed by atoms with E-state index in [0.717, 1.165) is 35.1 Å². The summed E-state index contributed by atoms with van der Waals surface area (Å²) in [5.74, 6) is 0.0227. The lowest BCUT2D eigenvalue weighted by Crippen LogP contribution is -2.26. The Bertz CT molecular complexity index is 1230. The summed E-state index contributed by atoms with van der Waals surface area (Å²) in [7, 11) is 0. The number of carbonyl (C=O) groups is 2. The van der Waals surface area contributed by atoms with Crippen molar-refractivity contribution in [3.8, 4) is 17.2 Å². The zero-order valence-electron chi connectivity index (χ0n) is 18.9. The maximum Gasteiger partial charge on any atom is 0.305 e. The number of para-hydroxylation sites is 2. The third-order valence-corrected chi connectivity index (χ3v) is 5.46. The third kappa shape index (κ3) is 5.81. The fraction of sp³-hybridized carbons (Fsp3) is 0.222. The Morgan fingerprint density at radius 2 is 1.76 bits per heavy atom. The number of benzene rings is 3. The summed E-state index contributed by atoms with van der Waals surface area (Å²) in [6, 6.07) is 22.7. The third-order valence-electron chi connectivity index (χ3n) is 5.46. The lowest BCUT2D eigenvalue weighted by molar-refractivity contribution is -0.136. The fourth-order valence-electron chi connectivity index (χ4n) is 3.57. The van der Waals surface area contributed by atoms with E-state index in [4.69, 9.17) is 14.3 Å². The van der Waals surface area contributed by atoms with Crippen molar-refractivity contribution in [1.82, 2.24) is 10.3 Å². The molecule has 4 rings (SSSR count). The first-order chi connectivity index (χ1) is 16.5. The molecular formula is C27H26N2O5. The van der Waals surface area contributed by atoms with E-state index in [9.17, 15) is 9.59 Å². The molecular weight excluding hydrogens is 432 g/mol. The van der Waals surface area contributed by atoms with Crippen LogP contribution in [0, 0.1) is 0 Å². The molecule has 7 nitrogen and oxygen atoms in total. The van der Waals surface area contributed by atoms with Crippen LogP contribution in [0.3, 0.4) is 0 Å². The van der Waals surface area contributed by atoms with E-state index in [1.165, 1.54) is 0 Å². The normalized spacial score (nSPS) is 11.8. The van der Waals surface area contributed by atoms with Crippen LogP contribution in [0.4, 0.5) is 0 Å². The minimum absolute atomic E-state index is 0.0228. The predicted molar refractivity (Wildman–Crippen MR) is 129 cm³/mol. The zero-order chi connectivity index (χ0) is 23.9.